The molecule has 7 heteroatoms. The smallest absolute Gasteiger partial charge is 0.221 e. The van der Waals surface area contributed by atoms with Crippen LogP contribution in [0.1, 0.15) is 29.5 Å². The van der Waals surface area contributed by atoms with Crippen molar-refractivity contribution in [2.45, 2.75) is 45.9 Å². The average Bonchev–Trinajstić information content (AvgIpc) is 3.49. The van der Waals surface area contributed by atoms with E-state index in [0.717, 1.165) is 18.0 Å². The van der Waals surface area contributed by atoms with Crippen molar-refractivity contribution in [1.82, 2.24) is 24.7 Å². The predicted octanol–water partition coefficient (Wildman–Crippen LogP) is 4.05. The Bertz CT molecular complexity index is 1020. The third kappa shape index (κ3) is 4.00. The fourth-order valence-electron chi connectivity index (χ4n) is 3.25. The first-order chi connectivity index (χ1) is 13.5. The molecule has 4 rings (SSSR count). The number of rotatable bonds is 7. The summed E-state index contributed by atoms with van der Waals surface area (Å²) in [5, 5.41) is 8.63. The molecule has 3 aromatic rings. The number of benzene rings is 2. The van der Waals surface area contributed by atoms with Crippen LogP contribution in [0.25, 0.3) is 5.69 Å². The van der Waals surface area contributed by atoms with Crippen LogP contribution in [0.2, 0.25) is 0 Å². The van der Waals surface area contributed by atoms with Gasteiger partial charge in [0.25, 0.3) is 0 Å². The van der Waals surface area contributed by atoms with Gasteiger partial charge in [-0.3, -0.25) is 4.90 Å². The number of methoxy groups -OCH3 is 1. The summed E-state index contributed by atoms with van der Waals surface area (Å²) < 4.78 is 9.42. The van der Waals surface area contributed by atoms with E-state index >= 15 is 0 Å². The number of tetrazole rings is 1. The highest BCUT2D eigenvalue weighted by molar-refractivity contribution is 7.71. The third-order valence-electron chi connectivity index (χ3n) is 5.30. The van der Waals surface area contributed by atoms with Crippen LogP contribution in [0, 0.1) is 18.6 Å². The fraction of sp³-hybridized carbons (Fsp3) is 0.381. The largest absolute Gasteiger partial charge is 0.497 e. The van der Waals surface area contributed by atoms with Gasteiger partial charge in [-0.15, -0.1) is 0 Å². The zero-order valence-corrected chi connectivity index (χ0v) is 17.3. The SMILES string of the molecule is COc1ccc(CN(Cn2nnn(-c3ccc(C)c(C)c3)c2=S)C2CC2)cc1. The van der Waals surface area contributed by atoms with Gasteiger partial charge in [-0.1, -0.05) is 18.2 Å². The molecule has 0 N–H and O–H groups in total. The fourth-order valence-corrected chi connectivity index (χ4v) is 3.49. The minimum absolute atomic E-state index is 0.579. The van der Waals surface area contributed by atoms with Gasteiger partial charge in [0.15, 0.2) is 0 Å². The van der Waals surface area contributed by atoms with Crippen LogP contribution < -0.4 is 4.74 Å². The monoisotopic (exact) mass is 395 g/mol. The molecule has 1 fully saturated rings. The lowest BCUT2D eigenvalue weighted by Crippen LogP contribution is -2.29. The van der Waals surface area contributed by atoms with Gasteiger partial charge in [-0.25, -0.2) is 4.68 Å². The van der Waals surface area contributed by atoms with E-state index in [1.54, 1.807) is 11.8 Å². The van der Waals surface area contributed by atoms with Crippen molar-refractivity contribution in [1.29, 1.82) is 0 Å². The Morgan fingerprint density at radius 3 is 2.46 bits per heavy atom. The summed E-state index contributed by atoms with van der Waals surface area (Å²) in [5.74, 6) is 0.875. The van der Waals surface area contributed by atoms with Gasteiger partial charge in [0, 0.05) is 12.6 Å². The Kier molecular flexibility index (Phi) is 5.28. The van der Waals surface area contributed by atoms with Crippen LogP contribution in [0.3, 0.4) is 0 Å². The van der Waals surface area contributed by atoms with Crippen molar-refractivity contribution in [3.63, 3.8) is 0 Å². The maximum atomic E-state index is 5.66. The van der Waals surface area contributed by atoms with Crippen LogP contribution >= 0.6 is 12.2 Å². The summed E-state index contributed by atoms with van der Waals surface area (Å²) in [7, 11) is 1.69. The average molecular weight is 396 g/mol. The number of hydrogen-bond acceptors (Lipinski definition) is 5. The van der Waals surface area contributed by atoms with Gasteiger partial charge < -0.3 is 4.74 Å². The van der Waals surface area contributed by atoms with Gasteiger partial charge >= 0.3 is 0 Å². The molecular weight excluding hydrogens is 370 g/mol. The van der Waals surface area contributed by atoms with Crippen molar-refractivity contribution < 1.29 is 4.74 Å². The second-order valence-electron chi connectivity index (χ2n) is 7.41. The predicted molar refractivity (Wildman–Crippen MR) is 111 cm³/mol. The number of aromatic nitrogens is 4. The van der Waals surface area contributed by atoms with Crippen LogP contribution in [0.5, 0.6) is 5.75 Å². The Morgan fingerprint density at radius 2 is 1.82 bits per heavy atom. The number of hydrogen-bond donors (Lipinski definition) is 0. The molecule has 0 saturated heterocycles. The van der Waals surface area contributed by atoms with E-state index in [1.807, 2.05) is 22.9 Å². The molecule has 1 aliphatic carbocycles. The molecule has 1 saturated carbocycles. The molecule has 1 aromatic heterocycles. The third-order valence-corrected chi connectivity index (χ3v) is 5.68. The molecule has 0 atom stereocenters. The highest BCUT2D eigenvalue weighted by atomic mass is 32.1. The summed E-state index contributed by atoms with van der Waals surface area (Å²) in [4.78, 5) is 2.41. The minimum Gasteiger partial charge on any atom is -0.497 e. The standard InChI is InChI=1S/C21H25N5OS/c1-15-4-7-19(12-16(15)2)26-21(28)25(22-23-26)14-24(18-8-9-18)13-17-5-10-20(27-3)11-6-17/h4-7,10-12,18H,8-9,13-14H2,1-3H3. The van der Waals surface area contributed by atoms with Crippen LogP contribution in [-0.2, 0) is 13.2 Å². The molecule has 28 heavy (non-hydrogen) atoms. The topological polar surface area (TPSA) is 48.1 Å². The lowest BCUT2D eigenvalue weighted by atomic mass is 10.1. The molecule has 146 valence electrons. The van der Waals surface area contributed by atoms with Crippen molar-refractivity contribution in [3.05, 3.63) is 63.9 Å². The summed E-state index contributed by atoms with van der Waals surface area (Å²) >= 11 is 5.66. The van der Waals surface area contributed by atoms with E-state index in [1.165, 1.54) is 29.5 Å². The summed E-state index contributed by atoms with van der Waals surface area (Å²) in [5.41, 5.74) is 4.67. The number of ether oxygens (including phenoxy) is 1. The first kappa shape index (κ1) is 18.8. The Morgan fingerprint density at radius 1 is 1.07 bits per heavy atom. The second kappa shape index (κ2) is 7.85. The highest BCUT2D eigenvalue weighted by Crippen LogP contribution is 2.29. The zero-order chi connectivity index (χ0) is 19.7. The zero-order valence-electron chi connectivity index (χ0n) is 16.5. The van der Waals surface area contributed by atoms with Crippen molar-refractivity contribution in [2.75, 3.05) is 7.11 Å². The summed E-state index contributed by atoms with van der Waals surface area (Å²) in [6.45, 7) is 5.69. The lowest BCUT2D eigenvalue weighted by molar-refractivity contribution is 0.185. The summed E-state index contributed by atoms with van der Waals surface area (Å²) in [6.07, 6.45) is 2.43. The molecule has 2 aromatic carbocycles. The molecule has 1 aliphatic rings. The molecule has 1 heterocycles. The Labute approximate surface area is 170 Å². The second-order valence-corrected chi connectivity index (χ2v) is 7.77. The lowest BCUT2D eigenvalue weighted by Gasteiger charge is -2.21. The maximum Gasteiger partial charge on any atom is 0.221 e. The van der Waals surface area contributed by atoms with Crippen LogP contribution in [-0.4, -0.2) is 37.8 Å². The van der Waals surface area contributed by atoms with Gasteiger partial charge in [0.2, 0.25) is 4.77 Å². The van der Waals surface area contributed by atoms with Gasteiger partial charge in [0.05, 0.1) is 19.5 Å². The maximum absolute atomic E-state index is 5.66. The molecule has 0 aliphatic heterocycles. The van der Waals surface area contributed by atoms with E-state index in [9.17, 15) is 0 Å². The van der Waals surface area contributed by atoms with Crippen molar-refractivity contribution >= 4 is 12.2 Å². The molecule has 0 unspecified atom stereocenters. The van der Waals surface area contributed by atoms with Gasteiger partial charge in [-0.2, -0.15) is 4.68 Å². The van der Waals surface area contributed by atoms with Crippen LogP contribution in [0.15, 0.2) is 42.5 Å². The highest BCUT2D eigenvalue weighted by Gasteiger charge is 2.29. The van der Waals surface area contributed by atoms with E-state index < -0.39 is 0 Å². The van der Waals surface area contributed by atoms with E-state index in [-0.39, 0.29) is 0 Å². The van der Waals surface area contributed by atoms with E-state index in [4.69, 9.17) is 17.0 Å². The summed E-state index contributed by atoms with van der Waals surface area (Å²) in [6, 6.07) is 15.0. The molecule has 0 radical (unpaired) electrons. The molecule has 0 spiro atoms. The Hall–Kier alpha value is -2.51. The quantitative estimate of drug-likeness (QED) is 0.565. The first-order valence-corrected chi connectivity index (χ1v) is 9.93. The van der Waals surface area contributed by atoms with E-state index in [2.05, 4.69) is 53.4 Å². The number of aryl methyl sites for hydroxylation is 2. The first-order valence-electron chi connectivity index (χ1n) is 9.52. The van der Waals surface area contributed by atoms with Gasteiger partial charge in [-0.05, 0) is 90.3 Å². The van der Waals surface area contributed by atoms with Gasteiger partial charge in [0.1, 0.15) is 5.75 Å². The number of nitrogens with zero attached hydrogens (tertiary/aromatic N) is 5. The van der Waals surface area contributed by atoms with Crippen molar-refractivity contribution in [2.24, 2.45) is 0 Å². The van der Waals surface area contributed by atoms with E-state index in [0.29, 0.717) is 17.5 Å². The minimum atomic E-state index is 0.579. The molecule has 6 nitrogen and oxygen atoms in total. The molecule has 0 bridgehead atoms. The molecular formula is C21H25N5OS. The molecule has 0 amide bonds. The van der Waals surface area contributed by atoms with Crippen molar-refractivity contribution in [3.8, 4) is 11.4 Å². The Balaban J connectivity index is 1.54. The normalized spacial score (nSPS) is 13.9. The van der Waals surface area contributed by atoms with Crippen LogP contribution in [0.4, 0.5) is 0 Å².